The van der Waals surface area contributed by atoms with E-state index in [9.17, 15) is 18.0 Å². The second kappa shape index (κ2) is 6.34. The molecule has 28 heavy (non-hydrogen) atoms. The number of nitrogens with zero attached hydrogens (tertiary/aromatic N) is 2. The average molecular weight is 404 g/mol. The van der Waals surface area contributed by atoms with E-state index in [0.717, 1.165) is 24.7 Å². The van der Waals surface area contributed by atoms with Crippen LogP contribution in [-0.2, 0) is 19.4 Å². The Bertz CT molecular complexity index is 973. The summed E-state index contributed by atoms with van der Waals surface area (Å²) in [4.78, 5) is 26.6. The summed E-state index contributed by atoms with van der Waals surface area (Å²) in [6, 6.07) is 6.50. The molecule has 0 aromatic heterocycles. The second-order valence-electron chi connectivity index (χ2n) is 8.69. The SMILES string of the molecule is CC(C)(C)N1C(=O)C(C2=CS(=O)(=O)c3ccccc3N2)C(=O)N1CCC1CC1. The molecule has 7 nitrogen and oxygen atoms in total. The third-order valence-electron chi connectivity index (χ3n) is 5.35. The van der Waals surface area contributed by atoms with Gasteiger partial charge in [0.2, 0.25) is 9.84 Å². The Labute approximate surface area is 165 Å². The number of hydrazine groups is 1. The summed E-state index contributed by atoms with van der Waals surface area (Å²) in [6.07, 6.45) is 3.18. The van der Waals surface area contributed by atoms with Gasteiger partial charge in [-0.05, 0) is 45.2 Å². The molecule has 0 bridgehead atoms. The second-order valence-corrected chi connectivity index (χ2v) is 10.5. The van der Waals surface area contributed by atoms with Gasteiger partial charge in [-0.15, -0.1) is 0 Å². The molecule has 0 spiro atoms. The number of amides is 2. The molecule has 1 aliphatic carbocycles. The molecule has 1 aromatic rings. The molecule has 1 saturated heterocycles. The molecule has 2 aliphatic heterocycles. The van der Waals surface area contributed by atoms with Gasteiger partial charge < -0.3 is 5.32 Å². The summed E-state index contributed by atoms with van der Waals surface area (Å²) < 4.78 is 25.3. The van der Waals surface area contributed by atoms with Crippen LogP contribution >= 0.6 is 0 Å². The monoisotopic (exact) mass is 403 g/mol. The Kier molecular flexibility index (Phi) is 4.30. The maximum Gasteiger partial charge on any atom is 0.260 e. The molecule has 1 aromatic carbocycles. The molecule has 1 unspecified atom stereocenters. The van der Waals surface area contributed by atoms with E-state index in [0.29, 0.717) is 18.2 Å². The number of fused-ring (bicyclic) bond motifs is 1. The number of benzene rings is 1. The van der Waals surface area contributed by atoms with Crippen LogP contribution in [0, 0.1) is 11.8 Å². The van der Waals surface area contributed by atoms with Crippen molar-refractivity contribution < 1.29 is 18.0 Å². The van der Waals surface area contributed by atoms with Crippen molar-refractivity contribution in [3.8, 4) is 0 Å². The van der Waals surface area contributed by atoms with Crippen molar-refractivity contribution in [3.05, 3.63) is 35.4 Å². The largest absolute Gasteiger partial charge is 0.356 e. The van der Waals surface area contributed by atoms with E-state index in [1.54, 1.807) is 18.2 Å². The van der Waals surface area contributed by atoms with Crippen LogP contribution in [0.5, 0.6) is 0 Å². The molecule has 3 aliphatic rings. The van der Waals surface area contributed by atoms with Crippen molar-refractivity contribution in [2.75, 3.05) is 11.9 Å². The van der Waals surface area contributed by atoms with Crippen LogP contribution in [0.2, 0.25) is 0 Å². The predicted octanol–water partition coefficient (Wildman–Crippen LogP) is 2.53. The zero-order chi connectivity index (χ0) is 20.3. The van der Waals surface area contributed by atoms with E-state index in [2.05, 4.69) is 5.32 Å². The number of hydrogen-bond donors (Lipinski definition) is 1. The molecule has 2 amide bonds. The molecule has 0 radical (unpaired) electrons. The molecule has 2 heterocycles. The number of anilines is 1. The van der Waals surface area contributed by atoms with Crippen molar-refractivity contribution >= 4 is 27.3 Å². The van der Waals surface area contributed by atoms with Gasteiger partial charge in [-0.3, -0.25) is 9.59 Å². The topological polar surface area (TPSA) is 86.8 Å². The average Bonchev–Trinajstić information content (AvgIpc) is 3.37. The molecule has 1 atom stereocenters. The Morgan fingerprint density at radius 2 is 1.79 bits per heavy atom. The normalized spacial score (nSPS) is 24.1. The number of carbonyl (C=O) groups is 2. The van der Waals surface area contributed by atoms with Gasteiger partial charge in [0.15, 0.2) is 5.92 Å². The van der Waals surface area contributed by atoms with Crippen LogP contribution in [0.4, 0.5) is 5.69 Å². The third kappa shape index (κ3) is 3.19. The molecule has 150 valence electrons. The Morgan fingerprint density at radius 3 is 2.43 bits per heavy atom. The van der Waals surface area contributed by atoms with Crippen molar-refractivity contribution in [2.24, 2.45) is 11.8 Å². The van der Waals surface area contributed by atoms with Crippen molar-refractivity contribution in [3.63, 3.8) is 0 Å². The van der Waals surface area contributed by atoms with Gasteiger partial charge in [0, 0.05) is 12.2 Å². The van der Waals surface area contributed by atoms with Gasteiger partial charge in [0.05, 0.1) is 21.5 Å². The minimum absolute atomic E-state index is 0.122. The number of para-hydroxylation sites is 1. The lowest BCUT2D eigenvalue weighted by atomic mass is 10.0. The summed E-state index contributed by atoms with van der Waals surface area (Å²) in [5.41, 5.74) is -0.0759. The lowest BCUT2D eigenvalue weighted by Gasteiger charge is -2.38. The summed E-state index contributed by atoms with van der Waals surface area (Å²) in [5.74, 6) is -1.31. The summed E-state index contributed by atoms with van der Waals surface area (Å²) in [7, 11) is -3.73. The first-order chi connectivity index (χ1) is 13.1. The van der Waals surface area contributed by atoms with Crippen molar-refractivity contribution in [1.82, 2.24) is 10.0 Å². The standard InChI is InChI=1S/C20H25N3O4S/c1-20(2,3)23-19(25)17(18(24)22(23)11-10-13-8-9-13)15-12-28(26,27)16-7-5-4-6-14(16)21-15/h4-7,12-13,17,21H,8-11H2,1-3H3. The van der Waals surface area contributed by atoms with Gasteiger partial charge in [-0.2, -0.15) is 0 Å². The van der Waals surface area contributed by atoms with E-state index in [-0.39, 0.29) is 22.4 Å². The highest BCUT2D eigenvalue weighted by Crippen LogP contribution is 2.39. The van der Waals surface area contributed by atoms with E-state index < -0.39 is 21.3 Å². The maximum absolute atomic E-state index is 13.2. The van der Waals surface area contributed by atoms with E-state index in [1.807, 2.05) is 20.8 Å². The number of rotatable bonds is 4. The highest BCUT2D eigenvalue weighted by atomic mass is 32.2. The summed E-state index contributed by atoms with van der Waals surface area (Å²) in [6.45, 7) is 6.10. The van der Waals surface area contributed by atoms with Gasteiger partial charge in [-0.1, -0.05) is 25.0 Å². The summed E-state index contributed by atoms with van der Waals surface area (Å²) in [5, 5.41) is 7.05. The highest BCUT2D eigenvalue weighted by Gasteiger charge is 2.52. The first-order valence-corrected chi connectivity index (χ1v) is 11.1. The lowest BCUT2D eigenvalue weighted by molar-refractivity contribution is -0.157. The van der Waals surface area contributed by atoms with E-state index in [4.69, 9.17) is 0 Å². The van der Waals surface area contributed by atoms with E-state index >= 15 is 0 Å². The van der Waals surface area contributed by atoms with Gasteiger partial charge >= 0.3 is 0 Å². The fourth-order valence-electron chi connectivity index (χ4n) is 3.85. The van der Waals surface area contributed by atoms with Crippen LogP contribution in [0.1, 0.15) is 40.0 Å². The Morgan fingerprint density at radius 1 is 1.11 bits per heavy atom. The molecule has 4 rings (SSSR count). The molecule has 1 saturated carbocycles. The fourth-order valence-corrected chi connectivity index (χ4v) is 5.20. The minimum atomic E-state index is -3.73. The molecule has 1 N–H and O–H groups in total. The first kappa shape index (κ1) is 19.0. The molecular formula is C20H25N3O4S. The lowest BCUT2D eigenvalue weighted by Crippen LogP contribution is -2.52. The quantitative estimate of drug-likeness (QED) is 0.781. The van der Waals surface area contributed by atoms with Crippen LogP contribution in [0.15, 0.2) is 40.3 Å². The molecule has 2 fully saturated rings. The van der Waals surface area contributed by atoms with E-state index in [1.165, 1.54) is 16.1 Å². The third-order valence-corrected chi connectivity index (χ3v) is 6.88. The highest BCUT2D eigenvalue weighted by molar-refractivity contribution is 7.94. The van der Waals surface area contributed by atoms with Crippen molar-refractivity contribution in [1.29, 1.82) is 0 Å². The van der Waals surface area contributed by atoms with Crippen LogP contribution < -0.4 is 5.32 Å². The number of sulfone groups is 1. The fraction of sp³-hybridized carbons (Fsp3) is 0.500. The minimum Gasteiger partial charge on any atom is -0.356 e. The molecule has 8 heteroatoms. The van der Waals surface area contributed by atoms with Crippen molar-refractivity contribution in [2.45, 2.75) is 50.5 Å². The zero-order valence-corrected chi connectivity index (χ0v) is 17.1. The van der Waals surface area contributed by atoms with Gasteiger partial charge in [0.25, 0.3) is 11.8 Å². The Hall–Kier alpha value is -2.35. The maximum atomic E-state index is 13.2. The first-order valence-electron chi connectivity index (χ1n) is 9.58. The van der Waals surface area contributed by atoms with Gasteiger partial charge in [0.1, 0.15) is 0 Å². The smallest absolute Gasteiger partial charge is 0.260 e. The Balaban J connectivity index is 1.70. The van der Waals surface area contributed by atoms with Crippen LogP contribution in [0.25, 0.3) is 0 Å². The van der Waals surface area contributed by atoms with Gasteiger partial charge in [-0.25, -0.2) is 18.4 Å². The predicted molar refractivity (Wildman–Crippen MR) is 104 cm³/mol. The zero-order valence-electron chi connectivity index (χ0n) is 16.3. The van der Waals surface area contributed by atoms with Crippen LogP contribution in [0.3, 0.4) is 0 Å². The molecular weight excluding hydrogens is 378 g/mol. The summed E-state index contributed by atoms with van der Waals surface area (Å²) >= 11 is 0. The number of nitrogens with one attached hydrogen (secondary N) is 1. The number of carbonyl (C=O) groups excluding carboxylic acids is 2. The number of hydrogen-bond acceptors (Lipinski definition) is 5. The van der Waals surface area contributed by atoms with Crippen LogP contribution in [-0.4, -0.2) is 42.3 Å².